The Morgan fingerprint density at radius 3 is 2.66 bits per heavy atom. The van der Waals surface area contributed by atoms with Crippen LogP contribution >= 0.6 is 0 Å². The highest BCUT2D eigenvalue weighted by Crippen LogP contribution is 2.32. The van der Waals surface area contributed by atoms with Crippen LogP contribution in [-0.4, -0.2) is 28.3 Å². The molecule has 0 bridgehead atoms. The van der Waals surface area contributed by atoms with Crippen LogP contribution in [0.2, 0.25) is 0 Å². The maximum Gasteiger partial charge on any atom is 0.323 e. The van der Waals surface area contributed by atoms with Gasteiger partial charge in [0.05, 0.1) is 22.6 Å². The van der Waals surface area contributed by atoms with E-state index in [9.17, 15) is 14.4 Å². The molecule has 7 heteroatoms. The van der Waals surface area contributed by atoms with Gasteiger partial charge in [0, 0.05) is 24.0 Å². The maximum atomic E-state index is 12.8. The Balaban J connectivity index is 1.37. The second kappa shape index (κ2) is 6.63. The summed E-state index contributed by atoms with van der Waals surface area (Å²) >= 11 is 0. The third-order valence-corrected chi connectivity index (χ3v) is 5.34. The van der Waals surface area contributed by atoms with Crippen molar-refractivity contribution >= 4 is 45.0 Å². The first-order valence-corrected chi connectivity index (χ1v) is 9.39. The van der Waals surface area contributed by atoms with Crippen molar-refractivity contribution < 1.29 is 9.59 Å². The van der Waals surface area contributed by atoms with Crippen molar-refractivity contribution in [1.82, 2.24) is 9.97 Å². The quantitative estimate of drug-likeness (QED) is 0.505. The SMILES string of the molecule is O=C(Nc1ccc2[nH]c(=O)[nH]c2c1)[C@@H]1CC(=O)N(c2cccc3ccccc23)C1. The standard InChI is InChI=1S/C22H18N4O3/c27-20-10-14(12-26(20)19-7-3-5-13-4-1-2-6-16(13)19)21(28)23-15-8-9-17-18(11-15)25-22(29)24-17/h1-9,11,14H,10,12H2,(H,23,28)(H2,24,25,29)/t14-/m1/s1. The maximum absolute atomic E-state index is 12.8. The number of nitrogens with one attached hydrogen (secondary N) is 3. The molecule has 1 fully saturated rings. The van der Waals surface area contributed by atoms with Gasteiger partial charge < -0.3 is 20.2 Å². The lowest BCUT2D eigenvalue weighted by atomic mass is 10.1. The minimum absolute atomic E-state index is 0.0630. The van der Waals surface area contributed by atoms with E-state index in [0.29, 0.717) is 23.3 Å². The van der Waals surface area contributed by atoms with Crippen LogP contribution in [0.15, 0.2) is 65.5 Å². The Labute approximate surface area is 165 Å². The number of benzene rings is 3. The number of imidazole rings is 1. The number of nitrogens with zero attached hydrogens (tertiary/aromatic N) is 1. The largest absolute Gasteiger partial charge is 0.326 e. The summed E-state index contributed by atoms with van der Waals surface area (Å²) in [6.07, 6.45) is 0.165. The Morgan fingerprint density at radius 2 is 1.76 bits per heavy atom. The van der Waals surface area contributed by atoms with Crippen molar-refractivity contribution in [2.45, 2.75) is 6.42 Å². The van der Waals surface area contributed by atoms with Crippen molar-refractivity contribution in [1.29, 1.82) is 0 Å². The van der Waals surface area contributed by atoms with Crippen LogP contribution in [0, 0.1) is 5.92 Å². The molecule has 0 unspecified atom stereocenters. The van der Waals surface area contributed by atoms with Crippen LogP contribution in [0.1, 0.15) is 6.42 Å². The molecule has 7 nitrogen and oxygen atoms in total. The number of anilines is 2. The van der Waals surface area contributed by atoms with Gasteiger partial charge in [0.2, 0.25) is 11.8 Å². The Bertz CT molecular complexity index is 1320. The van der Waals surface area contributed by atoms with E-state index < -0.39 is 5.92 Å². The summed E-state index contributed by atoms with van der Waals surface area (Å²) in [6, 6.07) is 18.9. The topological polar surface area (TPSA) is 98.1 Å². The van der Waals surface area contributed by atoms with E-state index in [2.05, 4.69) is 15.3 Å². The van der Waals surface area contributed by atoms with Crippen LogP contribution in [0.4, 0.5) is 11.4 Å². The van der Waals surface area contributed by atoms with Crippen molar-refractivity contribution in [2.75, 3.05) is 16.8 Å². The molecule has 3 N–H and O–H groups in total. The summed E-state index contributed by atoms with van der Waals surface area (Å²) in [5, 5.41) is 4.91. The predicted octanol–water partition coefficient (Wildman–Crippen LogP) is 3.00. The van der Waals surface area contributed by atoms with Gasteiger partial charge in [0.15, 0.2) is 0 Å². The first kappa shape index (κ1) is 17.2. The van der Waals surface area contributed by atoms with Crippen LogP contribution in [-0.2, 0) is 9.59 Å². The molecule has 29 heavy (non-hydrogen) atoms. The van der Waals surface area contributed by atoms with Gasteiger partial charge in [-0.15, -0.1) is 0 Å². The van der Waals surface area contributed by atoms with Gasteiger partial charge in [-0.25, -0.2) is 4.79 Å². The normalized spacial score (nSPS) is 16.6. The van der Waals surface area contributed by atoms with E-state index >= 15 is 0 Å². The number of carbonyl (C=O) groups excluding carboxylic acids is 2. The summed E-state index contributed by atoms with van der Waals surface area (Å²) in [5.74, 6) is -0.715. The molecule has 1 aliphatic rings. The fourth-order valence-corrected chi connectivity index (χ4v) is 3.91. The average Bonchev–Trinajstić information content (AvgIpc) is 3.29. The number of hydrogen-bond acceptors (Lipinski definition) is 3. The highest BCUT2D eigenvalue weighted by atomic mass is 16.2. The number of carbonyl (C=O) groups is 2. The lowest BCUT2D eigenvalue weighted by Gasteiger charge is -2.19. The molecule has 2 heterocycles. The minimum Gasteiger partial charge on any atom is -0.326 e. The summed E-state index contributed by atoms with van der Waals surface area (Å²) in [7, 11) is 0. The Kier molecular flexibility index (Phi) is 3.94. The third-order valence-electron chi connectivity index (χ3n) is 5.34. The number of rotatable bonds is 3. The van der Waals surface area contributed by atoms with E-state index in [-0.39, 0.29) is 23.9 Å². The van der Waals surface area contributed by atoms with E-state index in [1.807, 2.05) is 42.5 Å². The van der Waals surface area contributed by atoms with Gasteiger partial charge in [-0.1, -0.05) is 36.4 Å². The number of aromatic nitrogens is 2. The van der Waals surface area contributed by atoms with Gasteiger partial charge in [-0.2, -0.15) is 0 Å². The number of hydrogen-bond donors (Lipinski definition) is 3. The number of fused-ring (bicyclic) bond motifs is 2. The van der Waals surface area contributed by atoms with Crippen LogP contribution in [0.3, 0.4) is 0 Å². The smallest absolute Gasteiger partial charge is 0.323 e. The molecule has 1 atom stereocenters. The minimum atomic E-state index is -0.442. The Morgan fingerprint density at radius 1 is 0.966 bits per heavy atom. The monoisotopic (exact) mass is 386 g/mol. The average molecular weight is 386 g/mol. The van der Waals surface area contributed by atoms with E-state index in [1.165, 1.54) is 0 Å². The molecule has 144 valence electrons. The highest BCUT2D eigenvalue weighted by Gasteiger charge is 2.35. The molecule has 0 aliphatic carbocycles. The fraction of sp³-hybridized carbons (Fsp3) is 0.136. The molecule has 0 saturated carbocycles. The zero-order valence-electron chi connectivity index (χ0n) is 15.4. The first-order chi connectivity index (χ1) is 14.1. The lowest BCUT2D eigenvalue weighted by molar-refractivity contribution is -0.122. The molecule has 5 rings (SSSR count). The first-order valence-electron chi connectivity index (χ1n) is 9.39. The molecular formula is C22H18N4O3. The lowest BCUT2D eigenvalue weighted by Crippen LogP contribution is -2.28. The fourth-order valence-electron chi connectivity index (χ4n) is 3.91. The second-order valence-corrected chi connectivity index (χ2v) is 7.23. The van der Waals surface area contributed by atoms with Crippen molar-refractivity contribution in [2.24, 2.45) is 5.92 Å². The van der Waals surface area contributed by atoms with Crippen LogP contribution < -0.4 is 15.9 Å². The molecule has 2 amide bonds. The summed E-state index contributed by atoms with van der Waals surface area (Å²) < 4.78 is 0. The summed E-state index contributed by atoms with van der Waals surface area (Å²) in [6.45, 7) is 0.335. The molecule has 1 saturated heterocycles. The molecule has 1 aliphatic heterocycles. The molecule has 0 radical (unpaired) electrons. The van der Waals surface area contributed by atoms with Gasteiger partial charge in [0.25, 0.3) is 0 Å². The third kappa shape index (κ3) is 3.06. The van der Waals surface area contributed by atoms with Gasteiger partial charge in [-0.3, -0.25) is 9.59 Å². The van der Waals surface area contributed by atoms with Crippen molar-refractivity contribution in [3.05, 3.63) is 71.1 Å². The van der Waals surface area contributed by atoms with Crippen LogP contribution in [0.25, 0.3) is 21.8 Å². The second-order valence-electron chi connectivity index (χ2n) is 7.23. The molecule has 1 aromatic heterocycles. The summed E-state index contributed by atoms with van der Waals surface area (Å²) in [4.78, 5) is 43.9. The van der Waals surface area contributed by atoms with Crippen molar-refractivity contribution in [3.63, 3.8) is 0 Å². The van der Waals surface area contributed by atoms with Gasteiger partial charge in [0.1, 0.15) is 0 Å². The zero-order chi connectivity index (χ0) is 20.0. The summed E-state index contributed by atoms with van der Waals surface area (Å²) in [5.41, 5.74) is 2.40. The highest BCUT2D eigenvalue weighted by molar-refractivity contribution is 6.08. The molecular weight excluding hydrogens is 368 g/mol. The predicted molar refractivity (Wildman–Crippen MR) is 112 cm³/mol. The van der Waals surface area contributed by atoms with Crippen molar-refractivity contribution in [3.8, 4) is 0 Å². The van der Waals surface area contributed by atoms with Crippen LogP contribution in [0.5, 0.6) is 0 Å². The number of amides is 2. The molecule has 4 aromatic rings. The zero-order valence-corrected chi connectivity index (χ0v) is 15.4. The molecule has 0 spiro atoms. The molecule has 3 aromatic carbocycles. The van der Waals surface area contributed by atoms with Gasteiger partial charge >= 0.3 is 5.69 Å². The van der Waals surface area contributed by atoms with E-state index in [0.717, 1.165) is 16.5 Å². The van der Waals surface area contributed by atoms with E-state index in [1.54, 1.807) is 23.1 Å². The van der Waals surface area contributed by atoms with Gasteiger partial charge in [-0.05, 0) is 29.7 Å². The Hall–Kier alpha value is -3.87. The van der Waals surface area contributed by atoms with E-state index in [4.69, 9.17) is 0 Å². The number of H-pyrrole nitrogens is 2. The number of aromatic amines is 2.